The van der Waals surface area contributed by atoms with Crippen LogP contribution in [0, 0.1) is 5.82 Å². The van der Waals surface area contributed by atoms with Crippen LogP contribution in [0.1, 0.15) is 10.4 Å². The Morgan fingerprint density at radius 3 is 2.47 bits per heavy atom. The molecule has 0 fully saturated rings. The summed E-state index contributed by atoms with van der Waals surface area (Å²) >= 11 is 0. The number of halogens is 1. The molecule has 1 heterocycles. The Labute approximate surface area is 96.9 Å². The maximum atomic E-state index is 12.6. The van der Waals surface area contributed by atoms with Gasteiger partial charge in [0.25, 0.3) is 0 Å². The lowest BCUT2D eigenvalue weighted by molar-refractivity contribution is 0.0734. The molecule has 2 rings (SSSR count). The van der Waals surface area contributed by atoms with Crippen molar-refractivity contribution < 1.29 is 13.9 Å². The second-order valence-electron chi connectivity index (χ2n) is 3.32. The van der Waals surface area contributed by atoms with Crippen LogP contribution in [0.3, 0.4) is 0 Å². The van der Waals surface area contributed by atoms with Crippen molar-refractivity contribution in [3.63, 3.8) is 0 Å². The van der Waals surface area contributed by atoms with Gasteiger partial charge in [-0.3, -0.25) is 0 Å². The molecule has 0 saturated heterocycles. The summed E-state index contributed by atoms with van der Waals surface area (Å²) in [6.45, 7) is 0. The van der Waals surface area contributed by atoms with Gasteiger partial charge >= 0.3 is 5.97 Å². The summed E-state index contributed by atoms with van der Waals surface area (Å²) in [5, 5.41) is 0. The van der Waals surface area contributed by atoms with Gasteiger partial charge in [0.05, 0.1) is 11.8 Å². The molecule has 0 atom stereocenters. The minimum atomic E-state index is -0.573. The fraction of sp³-hybridized carbons (Fsp3) is 0. The first kappa shape index (κ1) is 11.1. The van der Waals surface area contributed by atoms with Crippen molar-refractivity contribution >= 4 is 11.8 Å². The van der Waals surface area contributed by atoms with Crippen LogP contribution in [-0.2, 0) is 0 Å². The Morgan fingerprint density at radius 1 is 1.18 bits per heavy atom. The third-order valence-electron chi connectivity index (χ3n) is 2.05. The average molecular weight is 232 g/mol. The first-order valence-corrected chi connectivity index (χ1v) is 4.84. The van der Waals surface area contributed by atoms with E-state index in [1.807, 2.05) is 0 Å². The van der Waals surface area contributed by atoms with Crippen molar-refractivity contribution in [2.45, 2.75) is 0 Å². The summed E-state index contributed by atoms with van der Waals surface area (Å²) in [7, 11) is 0. The molecule has 0 aliphatic heterocycles. The fourth-order valence-corrected chi connectivity index (χ4v) is 1.20. The van der Waals surface area contributed by atoms with Crippen LogP contribution in [0.15, 0.2) is 42.6 Å². The molecule has 0 saturated carbocycles. The highest BCUT2D eigenvalue weighted by Crippen LogP contribution is 2.12. The van der Waals surface area contributed by atoms with Crippen LogP contribution < -0.4 is 10.5 Å². The van der Waals surface area contributed by atoms with E-state index in [0.29, 0.717) is 5.82 Å². The van der Waals surface area contributed by atoms with Crippen molar-refractivity contribution in [1.29, 1.82) is 0 Å². The standard InChI is InChI=1S/C12H9FN2O2/c13-9-3-1-8(2-4-9)12(16)17-10-5-6-11(14)15-7-10/h1-7H,(H2,14,15). The number of nitrogens with two attached hydrogens (primary N) is 1. The van der Waals surface area contributed by atoms with Crippen LogP contribution in [0.25, 0.3) is 0 Å². The molecule has 0 aliphatic rings. The lowest BCUT2D eigenvalue weighted by Gasteiger charge is -2.03. The van der Waals surface area contributed by atoms with Crippen LogP contribution in [0.5, 0.6) is 5.75 Å². The van der Waals surface area contributed by atoms with E-state index < -0.39 is 11.8 Å². The Hall–Kier alpha value is -2.43. The molecule has 5 heteroatoms. The van der Waals surface area contributed by atoms with Crippen molar-refractivity contribution in [2.24, 2.45) is 0 Å². The van der Waals surface area contributed by atoms with Gasteiger partial charge in [-0.15, -0.1) is 0 Å². The zero-order chi connectivity index (χ0) is 12.3. The third kappa shape index (κ3) is 2.78. The fourth-order valence-electron chi connectivity index (χ4n) is 1.20. The molecular weight excluding hydrogens is 223 g/mol. The second kappa shape index (κ2) is 4.61. The number of carbonyl (C=O) groups excluding carboxylic acids is 1. The third-order valence-corrected chi connectivity index (χ3v) is 2.05. The molecule has 2 aromatic rings. The summed E-state index contributed by atoms with van der Waals surface area (Å²) in [6, 6.07) is 8.14. The number of nitrogen functional groups attached to an aromatic ring is 1. The van der Waals surface area contributed by atoms with Gasteiger partial charge in [-0.25, -0.2) is 14.2 Å². The number of ether oxygens (including phenoxy) is 1. The molecule has 0 radical (unpaired) electrons. The minimum Gasteiger partial charge on any atom is -0.421 e. The number of anilines is 1. The molecule has 1 aromatic carbocycles. The van der Waals surface area contributed by atoms with E-state index in [4.69, 9.17) is 10.5 Å². The topological polar surface area (TPSA) is 65.2 Å². The van der Waals surface area contributed by atoms with Crippen LogP contribution in [0.2, 0.25) is 0 Å². The van der Waals surface area contributed by atoms with Gasteiger partial charge in [0, 0.05) is 0 Å². The number of pyridine rings is 1. The molecule has 86 valence electrons. The predicted molar refractivity (Wildman–Crippen MR) is 60.0 cm³/mol. The first-order chi connectivity index (χ1) is 8.15. The summed E-state index contributed by atoms with van der Waals surface area (Å²) in [5.74, 6) is -0.354. The maximum absolute atomic E-state index is 12.6. The highest BCUT2D eigenvalue weighted by Gasteiger charge is 2.08. The SMILES string of the molecule is Nc1ccc(OC(=O)c2ccc(F)cc2)cn1. The Kier molecular flexibility index (Phi) is 3.00. The van der Waals surface area contributed by atoms with Gasteiger partial charge in [-0.05, 0) is 36.4 Å². The highest BCUT2D eigenvalue weighted by atomic mass is 19.1. The quantitative estimate of drug-likeness (QED) is 0.804. The number of benzene rings is 1. The van der Waals surface area contributed by atoms with Gasteiger partial charge in [-0.1, -0.05) is 0 Å². The van der Waals surface area contributed by atoms with E-state index in [1.165, 1.54) is 42.6 Å². The van der Waals surface area contributed by atoms with Gasteiger partial charge in [0.2, 0.25) is 0 Å². The molecule has 17 heavy (non-hydrogen) atoms. The van der Waals surface area contributed by atoms with Crippen molar-refractivity contribution in [2.75, 3.05) is 5.73 Å². The number of rotatable bonds is 2. The van der Waals surface area contributed by atoms with Gasteiger partial charge < -0.3 is 10.5 Å². The number of esters is 1. The van der Waals surface area contributed by atoms with E-state index in [9.17, 15) is 9.18 Å². The van der Waals surface area contributed by atoms with Crippen molar-refractivity contribution in [3.8, 4) is 5.75 Å². The summed E-state index contributed by atoms with van der Waals surface area (Å²) in [5.41, 5.74) is 5.66. The number of hydrogen-bond acceptors (Lipinski definition) is 4. The zero-order valence-electron chi connectivity index (χ0n) is 8.76. The normalized spacial score (nSPS) is 9.94. The minimum absolute atomic E-state index is 0.267. The summed E-state index contributed by atoms with van der Waals surface area (Å²) < 4.78 is 17.7. The predicted octanol–water partition coefficient (Wildman–Crippen LogP) is 2.02. The van der Waals surface area contributed by atoms with Gasteiger partial charge in [-0.2, -0.15) is 0 Å². The van der Waals surface area contributed by atoms with E-state index in [0.717, 1.165) is 0 Å². The van der Waals surface area contributed by atoms with E-state index in [1.54, 1.807) is 0 Å². The number of hydrogen-bond donors (Lipinski definition) is 1. The first-order valence-electron chi connectivity index (χ1n) is 4.84. The molecule has 0 unspecified atom stereocenters. The number of carbonyl (C=O) groups is 1. The van der Waals surface area contributed by atoms with Gasteiger partial charge in [0.1, 0.15) is 17.4 Å². The average Bonchev–Trinajstić information content (AvgIpc) is 2.33. The van der Waals surface area contributed by atoms with Crippen molar-refractivity contribution in [1.82, 2.24) is 4.98 Å². The molecule has 0 amide bonds. The van der Waals surface area contributed by atoms with E-state index >= 15 is 0 Å². The maximum Gasteiger partial charge on any atom is 0.343 e. The smallest absolute Gasteiger partial charge is 0.343 e. The molecular formula is C12H9FN2O2. The van der Waals surface area contributed by atoms with Crippen LogP contribution >= 0.6 is 0 Å². The molecule has 0 spiro atoms. The van der Waals surface area contributed by atoms with E-state index in [2.05, 4.69) is 4.98 Å². The number of nitrogens with zero attached hydrogens (tertiary/aromatic N) is 1. The molecule has 0 aliphatic carbocycles. The lowest BCUT2D eigenvalue weighted by atomic mass is 10.2. The molecule has 0 bridgehead atoms. The van der Waals surface area contributed by atoms with Crippen LogP contribution in [0.4, 0.5) is 10.2 Å². The Morgan fingerprint density at radius 2 is 1.88 bits per heavy atom. The van der Waals surface area contributed by atoms with Gasteiger partial charge in [0.15, 0.2) is 0 Å². The highest BCUT2D eigenvalue weighted by molar-refractivity contribution is 5.90. The second-order valence-corrected chi connectivity index (χ2v) is 3.32. The summed E-state index contributed by atoms with van der Waals surface area (Å²) in [6.07, 6.45) is 1.34. The summed E-state index contributed by atoms with van der Waals surface area (Å²) in [4.78, 5) is 15.4. The molecule has 1 aromatic heterocycles. The molecule has 2 N–H and O–H groups in total. The van der Waals surface area contributed by atoms with Crippen molar-refractivity contribution in [3.05, 3.63) is 54.0 Å². The zero-order valence-corrected chi connectivity index (χ0v) is 8.76. The largest absolute Gasteiger partial charge is 0.421 e. The Balaban J connectivity index is 2.11. The molecule has 4 nitrogen and oxygen atoms in total. The lowest BCUT2D eigenvalue weighted by Crippen LogP contribution is -2.08. The Bertz CT molecular complexity index is 523. The monoisotopic (exact) mass is 232 g/mol. The van der Waals surface area contributed by atoms with E-state index in [-0.39, 0.29) is 11.3 Å². The van der Waals surface area contributed by atoms with Crippen LogP contribution in [-0.4, -0.2) is 11.0 Å². The number of aromatic nitrogens is 1.